The summed E-state index contributed by atoms with van der Waals surface area (Å²) >= 11 is 0. The van der Waals surface area contributed by atoms with Gasteiger partial charge in [-0.1, -0.05) is 27.7 Å². The smallest absolute Gasteiger partial charge is 0.0827 e. The third-order valence-electron chi connectivity index (χ3n) is 3.69. The van der Waals surface area contributed by atoms with E-state index < -0.39 is 12.2 Å². The Morgan fingerprint density at radius 3 is 2.17 bits per heavy atom. The van der Waals surface area contributed by atoms with Crippen molar-refractivity contribution >= 4 is 0 Å². The Kier molecular flexibility index (Phi) is 2.50. The van der Waals surface area contributed by atoms with E-state index in [2.05, 4.69) is 20.8 Å². The first-order chi connectivity index (χ1) is 5.36. The number of aliphatic hydroxyl groups excluding tert-OH is 2. The van der Waals surface area contributed by atoms with Gasteiger partial charge in [0, 0.05) is 0 Å². The van der Waals surface area contributed by atoms with E-state index >= 15 is 0 Å². The van der Waals surface area contributed by atoms with E-state index in [0.717, 1.165) is 0 Å². The molecule has 4 unspecified atom stereocenters. The molecule has 2 nitrogen and oxygen atoms in total. The van der Waals surface area contributed by atoms with Gasteiger partial charge in [-0.15, -0.1) is 0 Å². The molecule has 0 spiro atoms. The van der Waals surface area contributed by atoms with Crippen molar-refractivity contribution < 1.29 is 10.2 Å². The third kappa shape index (κ3) is 1.50. The molecule has 4 atom stereocenters. The molecular weight excluding hydrogens is 152 g/mol. The van der Waals surface area contributed by atoms with Crippen LogP contribution in [0.4, 0.5) is 0 Å². The number of hydrogen-bond donors (Lipinski definition) is 2. The Hall–Kier alpha value is -0.0800. The van der Waals surface area contributed by atoms with Crippen LogP contribution in [0.15, 0.2) is 0 Å². The van der Waals surface area contributed by atoms with Gasteiger partial charge in [-0.2, -0.15) is 0 Å². The minimum Gasteiger partial charge on any atom is -0.390 e. The van der Waals surface area contributed by atoms with E-state index in [9.17, 15) is 10.2 Å². The van der Waals surface area contributed by atoms with E-state index in [-0.39, 0.29) is 11.3 Å². The third-order valence-corrected chi connectivity index (χ3v) is 3.69. The molecular formula is C10H20O2. The summed E-state index contributed by atoms with van der Waals surface area (Å²) < 4.78 is 0. The average molecular weight is 172 g/mol. The van der Waals surface area contributed by atoms with Gasteiger partial charge in [0.1, 0.15) is 0 Å². The molecule has 0 bridgehead atoms. The molecule has 1 fully saturated rings. The molecule has 1 aliphatic carbocycles. The maximum absolute atomic E-state index is 9.60. The maximum atomic E-state index is 9.60. The van der Waals surface area contributed by atoms with Gasteiger partial charge < -0.3 is 10.2 Å². The summed E-state index contributed by atoms with van der Waals surface area (Å²) in [6, 6.07) is 0. The molecule has 0 radical (unpaired) electrons. The van der Waals surface area contributed by atoms with Crippen LogP contribution in [-0.2, 0) is 0 Å². The van der Waals surface area contributed by atoms with Gasteiger partial charge >= 0.3 is 0 Å². The summed E-state index contributed by atoms with van der Waals surface area (Å²) in [7, 11) is 0. The van der Waals surface area contributed by atoms with Crippen molar-refractivity contribution in [3.8, 4) is 0 Å². The molecule has 2 heteroatoms. The predicted molar refractivity (Wildman–Crippen MR) is 48.7 cm³/mol. The minimum absolute atomic E-state index is 0.151. The highest BCUT2D eigenvalue weighted by molar-refractivity contribution is 4.92. The molecule has 2 N–H and O–H groups in total. The van der Waals surface area contributed by atoms with E-state index in [1.54, 1.807) is 0 Å². The molecule has 0 amide bonds. The van der Waals surface area contributed by atoms with Crippen LogP contribution in [0, 0.1) is 17.3 Å². The van der Waals surface area contributed by atoms with Crippen LogP contribution in [0.5, 0.6) is 0 Å². The first kappa shape index (κ1) is 10.0. The predicted octanol–water partition coefficient (Wildman–Crippen LogP) is 1.41. The maximum Gasteiger partial charge on any atom is 0.0827 e. The fourth-order valence-corrected chi connectivity index (χ4v) is 2.20. The lowest BCUT2D eigenvalue weighted by atomic mass is 9.63. The molecule has 1 saturated carbocycles. The van der Waals surface area contributed by atoms with Crippen molar-refractivity contribution in [2.75, 3.05) is 0 Å². The molecule has 0 aliphatic heterocycles. The molecule has 72 valence electrons. The van der Waals surface area contributed by atoms with Crippen molar-refractivity contribution in [3.05, 3.63) is 0 Å². The van der Waals surface area contributed by atoms with E-state index in [1.165, 1.54) is 0 Å². The Morgan fingerprint density at radius 2 is 1.67 bits per heavy atom. The molecule has 0 saturated heterocycles. The number of aliphatic hydroxyl groups is 2. The zero-order valence-corrected chi connectivity index (χ0v) is 8.41. The summed E-state index contributed by atoms with van der Waals surface area (Å²) in [4.78, 5) is 0. The van der Waals surface area contributed by atoms with Crippen LogP contribution in [-0.4, -0.2) is 22.4 Å². The van der Waals surface area contributed by atoms with Crippen LogP contribution >= 0.6 is 0 Å². The highest BCUT2D eigenvalue weighted by Gasteiger charge is 2.43. The van der Waals surface area contributed by atoms with Crippen molar-refractivity contribution in [3.63, 3.8) is 0 Å². The lowest BCUT2D eigenvalue weighted by molar-refractivity contribution is -0.104. The fraction of sp³-hybridized carbons (Fsp3) is 1.00. The number of rotatable bonds is 0. The Morgan fingerprint density at radius 1 is 1.17 bits per heavy atom. The Labute approximate surface area is 74.6 Å². The lowest BCUT2D eigenvalue weighted by Gasteiger charge is -2.46. The van der Waals surface area contributed by atoms with Gasteiger partial charge in [-0.25, -0.2) is 0 Å². The van der Waals surface area contributed by atoms with Crippen LogP contribution in [0.1, 0.15) is 34.1 Å². The Balaban J connectivity index is 2.78. The van der Waals surface area contributed by atoms with Gasteiger partial charge in [-0.3, -0.25) is 0 Å². The van der Waals surface area contributed by atoms with Gasteiger partial charge in [0.2, 0.25) is 0 Å². The quantitative estimate of drug-likeness (QED) is 0.580. The van der Waals surface area contributed by atoms with Crippen LogP contribution in [0.2, 0.25) is 0 Å². The summed E-state index contributed by atoms with van der Waals surface area (Å²) in [6.07, 6.45) is -0.362. The van der Waals surface area contributed by atoms with Crippen molar-refractivity contribution in [2.24, 2.45) is 17.3 Å². The average Bonchev–Trinajstić information content (AvgIpc) is 1.97. The Bertz CT molecular complexity index is 165. The molecule has 0 aromatic rings. The SMILES string of the molecule is CC1C(O)C(O)CC(C)(C)C1C. The zero-order chi connectivity index (χ0) is 9.52. The second-order valence-electron chi connectivity index (χ2n) is 4.90. The van der Waals surface area contributed by atoms with E-state index in [4.69, 9.17) is 0 Å². The van der Waals surface area contributed by atoms with Gasteiger partial charge in [0.15, 0.2) is 0 Å². The van der Waals surface area contributed by atoms with Crippen molar-refractivity contribution in [1.29, 1.82) is 0 Å². The largest absolute Gasteiger partial charge is 0.390 e. The van der Waals surface area contributed by atoms with E-state index in [1.807, 2.05) is 6.92 Å². The summed E-state index contributed by atoms with van der Waals surface area (Å²) in [5.41, 5.74) is 0.151. The zero-order valence-electron chi connectivity index (χ0n) is 8.41. The summed E-state index contributed by atoms with van der Waals surface area (Å²) in [5.74, 6) is 0.666. The fourth-order valence-electron chi connectivity index (χ4n) is 2.20. The van der Waals surface area contributed by atoms with Crippen molar-refractivity contribution in [1.82, 2.24) is 0 Å². The first-order valence-electron chi connectivity index (χ1n) is 4.72. The topological polar surface area (TPSA) is 40.5 Å². The molecule has 0 aromatic heterocycles. The van der Waals surface area contributed by atoms with Crippen LogP contribution < -0.4 is 0 Å². The second-order valence-corrected chi connectivity index (χ2v) is 4.90. The van der Waals surface area contributed by atoms with Crippen LogP contribution in [0.25, 0.3) is 0 Å². The summed E-state index contributed by atoms with van der Waals surface area (Å²) in [6.45, 7) is 8.48. The van der Waals surface area contributed by atoms with Crippen LogP contribution in [0.3, 0.4) is 0 Å². The molecule has 0 heterocycles. The standard InChI is InChI=1S/C10H20O2/c1-6-7(2)10(3,4)5-8(11)9(6)12/h6-9,11-12H,5H2,1-4H3. The number of hydrogen-bond acceptors (Lipinski definition) is 2. The van der Waals surface area contributed by atoms with Gasteiger partial charge in [0.25, 0.3) is 0 Å². The monoisotopic (exact) mass is 172 g/mol. The molecule has 0 aromatic carbocycles. The van der Waals surface area contributed by atoms with Gasteiger partial charge in [-0.05, 0) is 23.7 Å². The molecule has 12 heavy (non-hydrogen) atoms. The molecule has 1 rings (SSSR count). The highest BCUT2D eigenvalue weighted by atomic mass is 16.3. The normalized spacial score (nSPS) is 47.5. The second kappa shape index (κ2) is 3.00. The lowest BCUT2D eigenvalue weighted by Crippen LogP contribution is -2.48. The molecule has 1 aliphatic rings. The van der Waals surface area contributed by atoms with Crippen molar-refractivity contribution in [2.45, 2.75) is 46.3 Å². The highest BCUT2D eigenvalue weighted by Crippen LogP contribution is 2.43. The van der Waals surface area contributed by atoms with Gasteiger partial charge in [0.05, 0.1) is 12.2 Å². The first-order valence-corrected chi connectivity index (χ1v) is 4.72. The minimum atomic E-state index is -0.536. The van der Waals surface area contributed by atoms with E-state index in [0.29, 0.717) is 12.3 Å². The summed E-state index contributed by atoms with van der Waals surface area (Å²) in [5, 5.41) is 19.2.